The fourth-order valence-corrected chi connectivity index (χ4v) is 2.56. The molecule has 1 aliphatic rings. The third-order valence-electron chi connectivity index (χ3n) is 3.65. The molecule has 0 bridgehead atoms. The van der Waals surface area contributed by atoms with E-state index in [4.69, 9.17) is 9.84 Å². The number of aliphatic carboxylic acids is 1. The van der Waals surface area contributed by atoms with E-state index in [-0.39, 0.29) is 11.9 Å². The third kappa shape index (κ3) is 5.10. The van der Waals surface area contributed by atoms with E-state index in [2.05, 4.69) is 5.32 Å². The number of hydrogen-bond donors (Lipinski definition) is 2. The quantitative estimate of drug-likeness (QED) is 0.818. The van der Waals surface area contributed by atoms with E-state index in [1.165, 1.54) is 12.8 Å². The molecule has 0 aliphatic heterocycles. The highest BCUT2D eigenvalue weighted by Crippen LogP contribution is 2.18. The second-order valence-electron chi connectivity index (χ2n) is 5.37. The summed E-state index contributed by atoms with van der Waals surface area (Å²) in [5.41, 5.74) is 0.502. The first kappa shape index (κ1) is 15.4. The van der Waals surface area contributed by atoms with Crippen molar-refractivity contribution < 1.29 is 19.4 Å². The number of rotatable bonds is 5. The molecule has 0 unspecified atom stereocenters. The van der Waals surface area contributed by atoms with Crippen LogP contribution in [0.25, 0.3) is 0 Å². The van der Waals surface area contributed by atoms with Crippen molar-refractivity contribution in [2.24, 2.45) is 0 Å². The Kier molecular flexibility index (Phi) is 5.60. The van der Waals surface area contributed by atoms with Crippen LogP contribution in [0.5, 0.6) is 5.75 Å². The number of carboxylic acids is 1. The maximum atomic E-state index is 12.2. The average molecular weight is 291 g/mol. The van der Waals surface area contributed by atoms with Crippen LogP contribution in [0.1, 0.15) is 48.9 Å². The fourth-order valence-electron chi connectivity index (χ4n) is 2.56. The van der Waals surface area contributed by atoms with Gasteiger partial charge in [0.15, 0.2) is 6.61 Å². The van der Waals surface area contributed by atoms with Gasteiger partial charge >= 0.3 is 5.97 Å². The lowest BCUT2D eigenvalue weighted by Crippen LogP contribution is -2.34. The molecule has 5 nitrogen and oxygen atoms in total. The summed E-state index contributed by atoms with van der Waals surface area (Å²) in [5.74, 6) is -0.767. The molecule has 0 radical (unpaired) electrons. The van der Waals surface area contributed by atoms with Crippen LogP contribution in [0.15, 0.2) is 24.3 Å². The first-order valence-electron chi connectivity index (χ1n) is 7.40. The Morgan fingerprint density at radius 3 is 2.57 bits per heavy atom. The van der Waals surface area contributed by atoms with Gasteiger partial charge in [-0.3, -0.25) is 4.79 Å². The van der Waals surface area contributed by atoms with Crippen LogP contribution in [-0.4, -0.2) is 29.6 Å². The molecule has 0 aromatic heterocycles. The van der Waals surface area contributed by atoms with Gasteiger partial charge in [0.1, 0.15) is 5.75 Å². The number of carbonyl (C=O) groups excluding carboxylic acids is 1. The summed E-state index contributed by atoms with van der Waals surface area (Å²) in [6, 6.07) is 6.86. The first-order chi connectivity index (χ1) is 10.1. The Bertz CT molecular complexity index is 493. The summed E-state index contributed by atoms with van der Waals surface area (Å²) >= 11 is 0. The van der Waals surface area contributed by atoms with Crippen LogP contribution in [0, 0.1) is 0 Å². The van der Waals surface area contributed by atoms with E-state index in [0.29, 0.717) is 11.3 Å². The van der Waals surface area contributed by atoms with E-state index >= 15 is 0 Å². The maximum Gasteiger partial charge on any atom is 0.341 e. The summed E-state index contributed by atoms with van der Waals surface area (Å²) in [5, 5.41) is 11.6. The lowest BCUT2D eigenvalue weighted by molar-refractivity contribution is -0.139. The van der Waals surface area contributed by atoms with Gasteiger partial charge in [-0.05, 0) is 31.0 Å². The van der Waals surface area contributed by atoms with E-state index in [9.17, 15) is 9.59 Å². The highest BCUT2D eigenvalue weighted by Gasteiger charge is 2.16. The molecule has 0 saturated heterocycles. The van der Waals surface area contributed by atoms with Crippen LogP contribution in [0.2, 0.25) is 0 Å². The van der Waals surface area contributed by atoms with Gasteiger partial charge in [-0.15, -0.1) is 0 Å². The number of benzene rings is 1. The SMILES string of the molecule is O=C(O)COc1cccc(C(=O)NC2CCCCCC2)c1. The van der Waals surface area contributed by atoms with Gasteiger partial charge in [0.25, 0.3) is 5.91 Å². The third-order valence-corrected chi connectivity index (χ3v) is 3.65. The van der Waals surface area contributed by atoms with Crippen molar-refractivity contribution >= 4 is 11.9 Å². The van der Waals surface area contributed by atoms with Gasteiger partial charge in [0, 0.05) is 11.6 Å². The largest absolute Gasteiger partial charge is 0.482 e. The molecule has 0 heterocycles. The van der Waals surface area contributed by atoms with Gasteiger partial charge < -0.3 is 15.2 Å². The van der Waals surface area contributed by atoms with E-state index in [0.717, 1.165) is 25.7 Å². The molecular weight excluding hydrogens is 270 g/mol. The number of carbonyl (C=O) groups is 2. The predicted molar refractivity (Wildman–Crippen MR) is 78.5 cm³/mol. The van der Waals surface area contributed by atoms with Crippen molar-refractivity contribution in [3.8, 4) is 5.75 Å². The van der Waals surface area contributed by atoms with Crippen LogP contribution < -0.4 is 10.1 Å². The van der Waals surface area contributed by atoms with Gasteiger partial charge in [-0.25, -0.2) is 4.79 Å². The lowest BCUT2D eigenvalue weighted by Gasteiger charge is -2.16. The Morgan fingerprint density at radius 1 is 1.19 bits per heavy atom. The number of ether oxygens (including phenoxy) is 1. The Morgan fingerprint density at radius 2 is 1.90 bits per heavy atom. The number of hydrogen-bond acceptors (Lipinski definition) is 3. The normalized spacial score (nSPS) is 16.0. The van der Waals surface area contributed by atoms with Gasteiger partial charge in [0.2, 0.25) is 0 Å². The molecule has 0 spiro atoms. The molecule has 1 aromatic carbocycles. The molecular formula is C16H21NO4. The molecule has 1 fully saturated rings. The highest BCUT2D eigenvalue weighted by molar-refractivity contribution is 5.94. The molecule has 21 heavy (non-hydrogen) atoms. The van der Waals surface area contributed by atoms with Gasteiger partial charge in [-0.1, -0.05) is 31.7 Å². The molecule has 2 rings (SSSR count). The van der Waals surface area contributed by atoms with E-state index in [1.807, 2.05) is 0 Å². The average Bonchev–Trinajstić information content (AvgIpc) is 2.74. The zero-order valence-electron chi connectivity index (χ0n) is 12.0. The van der Waals surface area contributed by atoms with Crippen molar-refractivity contribution in [3.05, 3.63) is 29.8 Å². The molecule has 114 valence electrons. The van der Waals surface area contributed by atoms with Crippen molar-refractivity contribution in [1.82, 2.24) is 5.32 Å². The second kappa shape index (κ2) is 7.67. The fraction of sp³-hybridized carbons (Fsp3) is 0.500. The number of amides is 1. The summed E-state index contributed by atoms with van der Waals surface area (Å²) in [4.78, 5) is 22.7. The standard InChI is InChI=1S/C16H21NO4/c18-15(19)11-21-14-9-5-6-12(10-14)16(20)17-13-7-3-1-2-4-8-13/h5-6,9-10,13H,1-4,7-8,11H2,(H,17,20)(H,18,19). The first-order valence-corrected chi connectivity index (χ1v) is 7.40. The Balaban J connectivity index is 1.94. The zero-order valence-corrected chi connectivity index (χ0v) is 12.0. The molecule has 2 N–H and O–H groups in total. The van der Waals surface area contributed by atoms with Crippen LogP contribution >= 0.6 is 0 Å². The summed E-state index contributed by atoms with van der Waals surface area (Å²) in [7, 11) is 0. The molecule has 1 aromatic rings. The van der Waals surface area contributed by atoms with Gasteiger partial charge in [-0.2, -0.15) is 0 Å². The van der Waals surface area contributed by atoms with Crippen molar-refractivity contribution in [1.29, 1.82) is 0 Å². The molecule has 0 atom stereocenters. The van der Waals surface area contributed by atoms with Crippen molar-refractivity contribution in [3.63, 3.8) is 0 Å². The minimum Gasteiger partial charge on any atom is -0.482 e. The van der Waals surface area contributed by atoms with Crippen molar-refractivity contribution in [2.45, 2.75) is 44.6 Å². The topological polar surface area (TPSA) is 75.6 Å². The van der Waals surface area contributed by atoms with Crippen LogP contribution in [0.3, 0.4) is 0 Å². The van der Waals surface area contributed by atoms with Crippen LogP contribution in [-0.2, 0) is 4.79 Å². The molecule has 5 heteroatoms. The Labute approximate surface area is 124 Å². The maximum absolute atomic E-state index is 12.2. The molecule has 1 aliphatic carbocycles. The second-order valence-corrected chi connectivity index (χ2v) is 5.37. The van der Waals surface area contributed by atoms with E-state index in [1.54, 1.807) is 24.3 Å². The lowest BCUT2D eigenvalue weighted by atomic mass is 10.1. The predicted octanol–water partition coefficient (Wildman–Crippen LogP) is 2.60. The number of carboxylic acid groups (broad SMARTS) is 1. The molecule has 1 saturated carbocycles. The summed E-state index contributed by atoms with van der Waals surface area (Å²) in [6.45, 7) is -0.409. The summed E-state index contributed by atoms with van der Waals surface area (Å²) in [6.07, 6.45) is 6.86. The monoisotopic (exact) mass is 291 g/mol. The van der Waals surface area contributed by atoms with Crippen LogP contribution in [0.4, 0.5) is 0 Å². The van der Waals surface area contributed by atoms with Crippen molar-refractivity contribution in [2.75, 3.05) is 6.61 Å². The Hall–Kier alpha value is -2.04. The molecule has 1 amide bonds. The van der Waals surface area contributed by atoms with E-state index < -0.39 is 12.6 Å². The minimum atomic E-state index is -1.04. The summed E-state index contributed by atoms with van der Waals surface area (Å²) < 4.78 is 5.09. The highest BCUT2D eigenvalue weighted by atomic mass is 16.5. The zero-order chi connectivity index (χ0) is 15.1. The smallest absolute Gasteiger partial charge is 0.341 e. The van der Waals surface area contributed by atoms with Gasteiger partial charge in [0.05, 0.1) is 0 Å². The minimum absolute atomic E-state index is 0.123. The number of nitrogens with one attached hydrogen (secondary N) is 1.